The number of H-pyrrole nitrogens is 1. The summed E-state index contributed by atoms with van der Waals surface area (Å²) in [7, 11) is 0. The van der Waals surface area contributed by atoms with Gasteiger partial charge in [0, 0.05) is 22.6 Å². The first kappa shape index (κ1) is 16.6. The summed E-state index contributed by atoms with van der Waals surface area (Å²) >= 11 is 0. The van der Waals surface area contributed by atoms with Gasteiger partial charge in [-0.2, -0.15) is 0 Å². The zero-order valence-electron chi connectivity index (χ0n) is 14.4. The minimum atomic E-state index is -0.463. The van der Waals surface area contributed by atoms with Gasteiger partial charge in [0.1, 0.15) is 0 Å². The summed E-state index contributed by atoms with van der Waals surface area (Å²) < 4.78 is 5.12. The van der Waals surface area contributed by atoms with Crippen LogP contribution in [-0.2, 0) is 22.4 Å². The fourth-order valence-corrected chi connectivity index (χ4v) is 3.30. The van der Waals surface area contributed by atoms with Crippen molar-refractivity contribution >= 4 is 22.8 Å². The second kappa shape index (κ2) is 6.67. The molecule has 0 spiro atoms. The molecule has 1 aromatic carbocycles. The number of amides is 1. The molecule has 5 nitrogen and oxygen atoms in total. The van der Waals surface area contributed by atoms with Gasteiger partial charge in [-0.05, 0) is 62.8 Å². The Bertz CT molecular complexity index is 776. The van der Waals surface area contributed by atoms with Gasteiger partial charge < -0.3 is 15.0 Å². The standard InChI is InChI=1S/C19H24N2O3/c1-11(2)20-18(22)10-24-19(23)13-5-7-17-15(9-13)14-8-12(3)4-6-16(14)21-17/h5,7,9,11-12,21H,4,6,8,10H2,1-3H3,(H,20,22)/t12-/m0/s1. The molecular weight excluding hydrogens is 304 g/mol. The molecule has 0 radical (unpaired) electrons. The van der Waals surface area contributed by atoms with Crippen molar-refractivity contribution in [2.24, 2.45) is 5.92 Å². The maximum atomic E-state index is 12.2. The van der Waals surface area contributed by atoms with Gasteiger partial charge in [-0.15, -0.1) is 0 Å². The number of nitrogens with one attached hydrogen (secondary N) is 2. The van der Waals surface area contributed by atoms with E-state index in [0.29, 0.717) is 11.5 Å². The van der Waals surface area contributed by atoms with Gasteiger partial charge >= 0.3 is 5.97 Å². The molecule has 128 valence electrons. The highest BCUT2D eigenvalue weighted by molar-refractivity contribution is 5.97. The third-order valence-corrected chi connectivity index (χ3v) is 4.45. The van der Waals surface area contributed by atoms with Crippen molar-refractivity contribution in [2.75, 3.05) is 6.61 Å². The first-order chi connectivity index (χ1) is 11.4. The second-order valence-electron chi connectivity index (χ2n) is 6.99. The van der Waals surface area contributed by atoms with Crippen molar-refractivity contribution in [1.29, 1.82) is 0 Å². The number of aromatic amines is 1. The minimum absolute atomic E-state index is 0.0286. The smallest absolute Gasteiger partial charge is 0.338 e. The van der Waals surface area contributed by atoms with Gasteiger partial charge in [0.05, 0.1) is 5.56 Å². The fraction of sp³-hybridized carbons (Fsp3) is 0.474. The number of benzene rings is 1. The molecular formula is C19H24N2O3. The molecule has 2 N–H and O–H groups in total. The van der Waals surface area contributed by atoms with Crippen LogP contribution in [0, 0.1) is 5.92 Å². The number of fused-ring (bicyclic) bond motifs is 3. The fourth-order valence-electron chi connectivity index (χ4n) is 3.30. The van der Waals surface area contributed by atoms with Gasteiger partial charge in [0.15, 0.2) is 6.61 Å². The van der Waals surface area contributed by atoms with E-state index in [2.05, 4.69) is 17.2 Å². The molecule has 1 heterocycles. The van der Waals surface area contributed by atoms with Crippen LogP contribution < -0.4 is 5.32 Å². The lowest BCUT2D eigenvalue weighted by Gasteiger charge is -2.18. The van der Waals surface area contributed by atoms with E-state index in [0.717, 1.165) is 23.7 Å². The van der Waals surface area contributed by atoms with Crippen molar-refractivity contribution in [2.45, 2.75) is 46.1 Å². The normalized spacial score (nSPS) is 16.9. The zero-order chi connectivity index (χ0) is 17.3. The van der Waals surface area contributed by atoms with Gasteiger partial charge in [0.25, 0.3) is 5.91 Å². The molecule has 2 aromatic rings. The average molecular weight is 328 g/mol. The van der Waals surface area contributed by atoms with Crippen molar-refractivity contribution in [3.8, 4) is 0 Å². The maximum absolute atomic E-state index is 12.2. The van der Waals surface area contributed by atoms with E-state index < -0.39 is 5.97 Å². The van der Waals surface area contributed by atoms with Crippen LogP contribution in [0.1, 0.15) is 48.8 Å². The molecule has 0 aliphatic heterocycles. The van der Waals surface area contributed by atoms with Crippen LogP contribution in [-0.4, -0.2) is 29.5 Å². The van der Waals surface area contributed by atoms with E-state index in [4.69, 9.17) is 4.74 Å². The predicted molar refractivity (Wildman–Crippen MR) is 93.0 cm³/mol. The zero-order valence-corrected chi connectivity index (χ0v) is 14.4. The third kappa shape index (κ3) is 3.45. The molecule has 1 amide bonds. The number of carbonyl (C=O) groups excluding carboxylic acids is 2. The highest BCUT2D eigenvalue weighted by Crippen LogP contribution is 2.32. The van der Waals surface area contributed by atoms with Crippen LogP contribution in [0.2, 0.25) is 0 Å². The number of carbonyl (C=O) groups is 2. The lowest BCUT2D eigenvalue weighted by molar-refractivity contribution is -0.124. The Hall–Kier alpha value is -2.30. The molecule has 0 saturated heterocycles. The number of aryl methyl sites for hydroxylation is 1. The predicted octanol–water partition coefficient (Wildman–Crippen LogP) is 2.97. The number of hydrogen-bond acceptors (Lipinski definition) is 3. The van der Waals surface area contributed by atoms with Crippen LogP contribution in [0.5, 0.6) is 0 Å². The van der Waals surface area contributed by atoms with E-state index in [-0.39, 0.29) is 18.6 Å². The van der Waals surface area contributed by atoms with Gasteiger partial charge in [-0.3, -0.25) is 4.79 Å². The van der Waals surface area contributed by atoms with Crippen LogP contribution in [0.4, 0.5) is 0 Å². The summed E-state index contributed by atoms with van der Waals surface area (Å²) in [6, 6.07) is 5.58. The summed E-state index contributed by atoms with van der Waals surface area (Å²) in [6.07, 6.45) is 3.28. The molecule has 0 unspecified atom stereocenters. The molecule has 1 aromatic heterocycles. The Labute approximate surface area is 141 Å². The molecule has 1 aliphatic carbocycles. The molecule has 5 heteroatoms. The lowest BCUT2D eigenvalue weighted by Crippen LogP contribution is -2.33. The highest BCUT2D eigenvalue weighted by atomic mass is 16.5. The highest BCUT2D eigenvalue weighted by Gasteiger charge is 2.21. The summed E-state index contributed by atoms with van der Waals surface area (Å²) in [6.45, 7) is 5.73. The average Bonchev–Trinajstić information content (AvgIpc) is 2.89. The van der Waals surface area contributed by atoms with E-state index in [1.807, 2.05) is 26.0 Å². The maximum Gasteiger partial charge on any atom is 0.338 e. The van der Waals surface area contributed by atoms with Gasteiger partial charge in [0.2, 0.25) is 0 Å². The summed E-state index contributed by atoms with van der Waals surface area (Å²) in [5.74, 6) is -0.0891. The monoisotopic (exact) mass is 328 g/mol. The summed E-state index contributed by atoms with van der Waals surface area (Å²) in [4.78, 5) is 27.3. The van der Waals surface area contributed by atoms with Crippen LogP contribution >= 0.6 is 0 Å². The largest absolute Gasteiger partial charge is 0.452 e. The molecule has 24 heavy (non-hydrogen) atoms. The van der Waals surface area contributed by atoms with Gasteiger partial charge in [-0.25, -0.2) is 4.79 Å². The first-order valence-electron chi connectivity index (χ1n) is 8.54. The molecule has 0 fully saturated rings. The quantitative estimate of drug-likeness (QED) is 0.848. The Balaban J connectivity index is 1.76. The minimum Gasteiger partial charge on any atom is -0.452 e. The van der Waals surface area contributed by atoms with Gasteiger partial charge in [-0.1, -0.05) is 6.92 Å². The number of ether oxygens (including phenoxy) is 1. The van der Waals surface area contributed by atoms with E-state index >= 15 is 0 Å². The van der Waals surface area contributed by atoms with Crippen LogP contribution in [0.25, 0.3) is 10.9 Å². The first-order valence-corrected chi connectivity index (χ1v) is 8.54. The number of esters is 1. The van der Waals surface area contributed by atoms with Crippen molar-refractivity contribution in [3.63, 3.8) is 0 Å². The topological polar surface area (TPSA) is 71.2 Å². The molecule has 1 aliphatic rings. The molecule has 0 bridgehead atoms. The Morgan fingerprint density at radius 1 is 1.38 bits per heavy atom. The molecule has 0 saturated carbocycles. The Kier molecular flexibility index (Phi) is 4.60. The van der Waals surface area contributed by atoms with Crippen molar-refractivity contribution in [1.82, 2.24) is 10.3 Å². The summed E-state index contributed by atoms with van der Waals surface area (Å²) in [5.41, 5.74) is 4.14. The lowest BCUT2D eigenvalue weighted by atomic mass is 9.87. The SMILES string of the molecule is CC(C)NC(=O)COC(=O)c1ccc2[nH]c3c(c2c1)C[C@@H](C)CC3. The van der Waals surface area contributed by atoms with E-state index in [1.54, 1.807) is 6.07 Å². The summed E-state index contributed by atoms with van der Waals surface area (Å²) in [5, 5.41) is 3.79. The molecule has 3 rings (SSSR count). The van der Waals surface area contributed by atoms with Crippen molar-refractivity contribution in [3.05, 3.63) is 35.0 Å². The van der Waals surface area contributed by atoms with Crippen LogP contribution in [0.15, 0.2) is 18.2 Å². The Morgan fingerprint density at radius 3 is 2.92 bits per heavy atom. The molecule has 1 atom stereocenters. The number of aromatic nitrogens is 1. The van der Waals surface area contributed by atoms with E-state index in [9.17, 15) is 9.59 Å². The number of hydrogen-bond donors (Lipinski definition) is 2. The second-order valence-corrected chi connectivity index (χ2v) is 6.99. The number of rotatable bonds is 4. The van der Waals surface area contributed by atoms with Crippen LogP contribution in [0.3, 0.4) is 0 Å². The third-order valence-electron chi connectivity index (χ3n) is 4.45. The van der Waals surface area contributed by atoms with Crippen molar-refractivity contribution < 1.29 is 14.3 Å². The Morgan fingerprint density at radius 2 is 2.17 bits per heavy atom. The van der Waals surface area contributed by atoms with E-state index in [1.165, 1.54) is 17.7 Å².